The van der Waals surface area contributed by atoms with Gasteiger partial charge in [0.2, 0.25) is 5.91 Å². The topological polar surface area (TPSA) is 58.8 Å². The van der Waals surface area contributed by atoms with Crippen LogP contribution in [0, 0.1) is 5.92 Å². The summed E-state index contributed by atoms with van der Waals surface area (Å²) in [5, 5.41) is 0. The van der Waals surface area contributed by atoms with Gasteiger partial charge in [-0.15, -0.1) is 0 Å². The fraction of sp³-hybridized carbons (Fsp3) is 0.933. The number of rotatable bonds is 8. The van der Waals surface area contributed by atoms with Crippen LogP contribution in [0.25, 0.3) is 0 Å². The predicted molar refractivity (Wildman–Crippen MR) is 81.6 cm³/mol. The van der Waals surface area contributed by atoms with Crippen LogP contribution in [0.4, 0.5) is 0 Å². The molecule has 1 amide bonds. The molecule has 0 aliphatic carbocycles. The molecule has 20 heavy (non-hydrogen) atoms. The maximum atomic E-state index is 12.2. The Bertz CT molecular complexity index is 278. The summed E-state index contributed by atoms with van der Waals surface area (Å²) in [4.78, 5) is 16.7. The van der Waals surface area contributed by atoms with Gasteiger partial charge in [-0.2, -0.15) is 0 Å². The molecule has 0 radical (unpaired) electrons. The fourth-order valence-corrected chi connectivity index (χ4v) is 2.94. The third-order valence-corrected chi connectivity index (χ3v) is 4.13. The smallest absolute Gasteiger partial charge is 0.223 e. The van der Waals surface area contributed by atoms with Gasteiger partial charge in [0.05, 0.1) is 0 Å². The molecule has 1 saturated heterocycles. The van der Waals surface area contributed by atoms with Gasteiger partial charge in [-0.05, 0) is 25.3 Å². The molecule has 2 atom stereocenters. The summed E-state index contributed by atoms with van der Waals surface area (Å²) >= 11 is 0. The van der Waals surface area contributed by atoms with E-state index in [0.29, 0.717) is 25.0 Å². The highest BCUT2D eigenvalue weighted by Crippen LogP contribution is 2.14. The minimum Gasteiger partial charge on any atom is -0.384 e. The lowest BCUT2D eigenvalue weighted by Gasteiger charge is -2.39. The number of piperazine rings is 1. The Hall–Kier alpha value is -0.650. The molecule has 1 rings (SSSR count). The first-order valence-corrected chi connectivity index (χ1v) is 7.83. The van der Waals surface area contributed by atoms with E-state index in [9.17, 15) is 4.79 Å². The molecular weight excluding hydrogens is 254 g/mol. The summed E-state index contributed by atoms with van der Waals surface area (Å²) < 4.78 is 5.09. The van der Waals surface area contributed by atoms with E-state index in [1.807, 2.05) is 4.90 Å². The van der Waals surface area contributed by atoms with Gasteiger partial charge in [0.1, 0.15) is 0 Å². The monoisotopic (exact) mass is 285 g/mol. The second kappa shape index (κ2) is 9.32. The van der Waals surface area contributed by atoms with Gasteiger partial charge in [-0.3, -0.25) is 9.69 Å². The number of methoxy groups -OCH3 is 1. The Kier molecular flexibility index (Phi) is 8.11. The van der Waals surface area contributed by atoms with Gasteiger partial charge in [-0.25, -0.2) is 0 Å². The lowest BCUT2D eigenvalue weighted by atomic mass is 10.1. The molecule has 5 nitrogen and oxygen atoms in total. The van der Waals surface area contributed by atoms with E-state index in [1.54, 1.807) is 7.11 Å². The van der Waals surface area contributed by atoms with Crippen LogP contribution < -0.4 is 5.73 Å². The number of nitrogens with zero attached hydrogens (tertiary/aromatic N) is 2. The van der Waals surface area contributed by atoms with E-state index in [1.165, 1.54) is 0 Å². The zero-order valence-corrected chi connectivity index (χ0v) is 13.3. The summed E-state index contributed by atoms with van der Waals surface area (Å²) in [6.45, 7) is 9.31. The summed E-state index contributed by atoms with van der Waals surface area (Å²) in [5.74, 6) is 0.562. The SMILES string of the molecule is CCC(CCN)N1CCN(C(=O)CC(C)COC)CC1. The Morgan fingerprint density at radius 3 is 2.45 bits per heavy atom. The van der Waals surface area contributed by atoms with Crippen molar-refractivity contribution in [1.29, 1.82) is 0 Å². The van der Waals surface area contributed by atoms with Crippen molar-refractivity contribution < 1.29 is 9.53 Å². The van der Waals surface area contributed by atoms with Crippen molar-refractivity contribution in [2.75, 3.05) is 46.4 Å². The van der Waals surface area contributed by atoms with E-state index in [0.717, 1.165) is 45.6 Å². The zero-order valence-electron chi connectivity index (χ0n) is 13.3. The zero-order chi connectivity index (χ0) is 15.0. The van der Waals surface area contributed by atoms with Crippen LogP contribution in [0.1, 0.15) is 33.1 Å². The lowest BCUT2D eigenvalue weighted by Crippen LogP contribution is -2.52. The quantitative estimate of drug-likeness (QED) is 0.721. The van der Waals surface area contributed by atoms with Crippen molar-refractivity contribution >= 4 is 5.91 Å². The first-order chi connectivity index (χ1) is 9.62. The van der Waals surface area contributed by atoms with Gasteiger partial charge >= 0.3 is 0 Å². The van der Waals surface area contributed by atoms with Crippen molar-refractivity contribution in [3.05, 3.63) is 0 Å². The molecule has 1 aliphatic rings. The number of ether oxygens (including phenoxy) is 1. The summed E-state index contributed by atoms with van der Waals surface area (Å²) in [6.07, 6.45) is 2.78. The molecule has 1 fully saturated rings. The van der Waals surface area contributed by atoms with Crippen molar-refractivity contribution in [2.24, 2.45) is 11.7 Å². The second-order valence-corrected chi connectivity index (χ2v) is 5.82. The number of carbonyl (C=O) groups is 1. The van der Waals surface area contributed by atoms with Crippen LogP contribution in [-0.4, -0.2) is 68.2 Å². The number of nitrogens with two attached hydrogens (primary N) is 1. The first kappa shape index (κ1) is 17.4. The van der Waals surface area contributed by atoms with Crippen LogP contribution in [-0.2, 0) is 9.53 Å². The Balaban J connectivity index is 2.35. The third-order valence-electron chi connectivity index (χ3n) is 4.13. The number of hydrogen-bond donors (Lipinski definition) is 1. The highest BCUT2D eigenvalue weighted by molar-refractivity contribution is 5.76. The van der Waals surface area contributed by atoms with Crippen LogP contribution in [0.15, 0.2) is 0 Å². The summed E-state index contributed by atoms with van der Waals surface area (Å²) in [6, 6.07) is 0.574. The van der Waals surface area contributed by atoms with Gasteiger partial charge in [0.25, 0.3) is 0 Å². The van der Waals surface area contributed by atoms with E-state index < -0.39 is 0 Å². The molecule has 2 unspecified atom stereocenters. The Labute approximate surface area is 123 Å². The molecule has 1 heterocycles. The van der Waals surface area contributed by atoms with E-state index in [2.05, 4.69) is 18.7 Å². The average molecular weight is 285 g/mol. The number of carbonyl (C=O) groups excluding carboxylic acids is 1. The van der Waals surface area contributed by atoms with Gasteiger partial charge in [0, 0.05) is 52.4 Å². The molecule has 118 valence electrons. The second-order valence-electron chi connectivity index (χ2n) is 5.82. The highest BCUT2D eigenvalue weighted by Gasteiger charge is 2.25. The fourth-order valence-electron chi connectivity index (χ4n) is 2.94. The Morgan fingerprint density at radius 2 is 1.95 bits per heavy atom. The van der Waals surface area contributed by atoms with E-state index in [4.69, 9.17) is 10.5 Å². The van der Waals surface area contributed by atoms with Gasteiger partial charge < -0.3 is 15.4 Å². The van der Waals surface area contributed by atoms with Crippen molar-refractivity contribution in [3.63, 3.8) is 0 Å². The minimum absolute atomic E-state index is 0.265. The standard InChI is InChI=1S/C15H31N3O2/c1-4-14(5-6-16)17-7-9-18(10-8-17)15(19)11-13(2)12-20-3/h13-14H,4-12,16H2,1-3H3. The largest absolute Gasteiger partial charge is 0.384 e. The van der Waals surface area contributed by atoms with Crippen LogP contribution in [0.5, 0.6) is 0 Å². The number of amides is 1. The molecule has 1 aliphatic heterocycles. The van der Waals surface area contributed by atoms with Gasteiger partial charge in [-0.1, -0.05) is 13.8 Å². The third kappa shape index (κ3) is 5.38. The molecule has 0 aromatic rings. The number of hydrogen-bond acceptors (Lipinski definition) is 4. The average Bonchev–Trinajstić information content (AvgIpc) is 2.45. The van der Waals surface area contributed by atoms with Gasteiger partial charge in [0.15, 0.2) is 0 Å². The first-order valence-electron chi connectivity index (χ1n) is 7.83. The van der Waals surface area contributed by atoms with Crippen molar-refractivity contribution in [2.45, 2.75) is 39.2 Å². The van der Waals surface area contributed by atoms with Crippen LogP contribution in [0.2, 0.25) is 0 Å². The summed E-state index contributed by atoms with van der Waals surface area (Å²) in [7, 11) is 1.68. The van der Waals surface area contributed by atoms with Crippen LogP contribution in [0.3, 0.4) is 0 Å². The molecule has 2 N–H and O–H groups in total. The van der Waals surface area contributed by atoms with E-state index in [-0.39, 0.29) is 5.91 Å². The maximum absolute atomic E-state index is 12.2. The molecular formula is C15H31N3O2. The molecule has 0 aromatic carbocycles. The predicted octanol–water partition coefficient (Wildman–Crippen LogP) is 0.931. The van der Waals surface area contributed by atoms with E-state index >= 15 is 0 Å². The molecule has 0 aromatic heterocycles. The lowest BCUT2D eigenvalue weighted by molar-refractivity contribution is -0.134. The minimum atomic E-state index is 0.265. The molecule has 5 heteroatoms. The Morgan fingerprint density at radius 1 is 1.30 bits per heavy atom. The summed E-state index contributed by atoms with van der Waals surface area (Å²) in [5.41, 5.74) is 5.67. The highest BCUT2D eigenvalue weighted by atomic mass is 16.5. The normalized spacial score (nSPS) is 19.9. The van der Waals surface area contributed by atoms with Crippen molar-refractivity contribution in [3.8, 4) is 0 Å². The molecule has 0 bridgehead atoms. The van der Waals surface area contributed by atoms with Crippen molar-refractivity contribution in [1.82, 2.24) is 9.80 Å². The molecule has 0 spiro atoms. The van der Waals surface area contributed by atoms with Crippen LogP contribution >= 0.6 is 0 Å². The maximum Gasteiger partial charge on any atom is 0.223 e. The molecule has 0 saturated carbocycles.